The highest BCUT2D eigenvalue weighted by Crippen LogP contribution is 2.26. The van der Waals surface area contributed by atoms with Gasteiger partial charge in [0.25, 0.3) is 10.0 Å². The van der Waals surface area contributed by atoms with Gasteiger partial charge in [0, 0.05) is 26.7 Å². The second kappa shape index (κ2) is 6.30. The summed E-state index contributed by atoms with van der Waals surface area (Å²) < 4.78 is 32.8. The van der Waals surface area contributed by atoms with Gasteiger partial charge in [-0.05, 0) is 6.92 Å². The molecular weight excluding hydrogens is 320 g/mol. The number of carbonyl (C=O) groups excluding carboxylic acids is 1. The van der Waals surface area contributed by atoms with Crippen LogP contribution in [0, 0.1) is 0 Å². The zero-order valence-corrected chi connectivity index (χ0v) is 13.3. The number of esters is 1. The summed E-state index contributed by atoms with van der Waals surface area (Å²) in [6, 6.07) is -0.908. The standard InChI is InChI=1S/C11H17ClN4O4S/c1-3-20-11(17)9-7-13-4-5-16(9)21(18,19)10-8(12)6-14-15(10)2/h6,9,13H,3-5,7H2,1-2H3. The van der Waals surface area contributed by atoms with Gasteiger partial charge in [0.1, 0.15) is 6.04 Å². The molecule has 2 rings (SSSR count). The molecule has 1 aliphatic heterocycles. The van der Waals surface area contributed by atoms with Crippen LogP contribution in [-0.2, 0) is 26.6 Å². The summed E-state index contributed by atoms with van der Waals surface area (Å²) in [6.07, 6.45) is 1.26. The number of piperazine rings is 1. The fourth-order valence-electron chi connectivity index (χ4n) is 2.21. The molecule has 0 saturated carbocycles. The minimum Gasteiger partial charge on any atom is -0.465 e. The smallest absolute Gasteiger partial charge is 0.325 e. The molecule has 2 heterocycles. The number of nitrogens with zero attached hydrogens (tertiary/aromatic N) is 3. The molecule has 1 aromatic rings. The zero-order chi connectivity index (χ0) is 15.6. The van der Waals surface area contributed by atoms with E-state index in [4.69, 9.17) is 16.3 Å². The first-order valence-electron chi connectivity index (χ1n) is 6.46. The number of ether oxygens (including phenoxy) is 1. The van der Waals surface area contributed by atoms with Gasteiger partial charge in [0.15, 0.2) is 5.03 Å². The predicted octanol–water partition coefficient (Wildman–Crippen LogP) is -0.401. The van der Waals surface area contributed by atoms with E-state index in [0.717, 1.165) is 4.31 Å². The first-order chi connectivity index (χ1) is 9.89. The number of rotatable bonds is 4. The molecule has 21 heavy (non-hydrogen) atoms. The number of hydrogen-bond acceptors (Lipinski definition) is 6. The van der Waals surface area contributed by atoms with Gasteiger partial charge in [-0.3, -0.25) is 9.48 Å². The Morgan fingerprint density at radius 3 is 2.90 bits per heavy atom. The molecule has 1 unspecified atom stereocenters. The lowest BCUT2D eigenvalue weighted by Crippen LogP contribution is -2.57. The summed E-state index contributed by atoms with van der Waals surface area (Å²) in [5.74, 6) is -0.577. The fourth-order valence-corrected chi connectivity index (χ4v) is 4.40. The third kappa shape index (κ3) is 3.05. The van der Waals surface area contributed by atoms with Gasteiger partial charge in [-0.1, -0.05) is 11.6 Å². The first kappa shape index (κ1) is 16.2. The largest absolute Gasteiger partial charge is 0.465 e. The molecule has 1 saturated heterocycles. The van der Waals surface area contributed by atoms with Crippen LogP contribution in [0.2, 0.25) is 5.02 Å². The lowest BCUT2D eigenvalue weighted by Gasteiger charge is -2.33. The average molecular weight is 337 g/mol. The molecular formula is C11H17ClN4O4S. The van der Waals surface area contributed by atoms with E-state index in [1.807, 2.05) is 0 Å². The second-order valence-corrected chi connectivity index (χ2v) is 6.72. The van der Waals surface area contributed by atoms with Crippen molar-refractivity contribution in [3.8, 4) is 0 Å². The minimum absolute atomic E-state index is 0.0265. The quantitative estimate of drug-likeness (QED) is 0.752. The van der Waals surface area contributed by atoms with Crippen LogP contribution in [0.25, 0.3) is 0 Å². The van der Waals surface area contributed by atoms with Gasteiger partial charge in [0.2, 0.25) is 0 Å². The van der Waals surface area contributed by atoms with Crippen molar-refractivity contribution in [2.45, 2.75) is 18.0 Å². The van der Waals surface area contributed by atoms with E-state index in [0.29, 0.717) is 6.54 Å². The van der Waals surface area contributed by atoms with Crippen LogP contribution < -0.4 is 5.32 Å². The van der Waals surface area contributed by atoms with E-state index >= 15 is 0 Å². The van der Waals surface area contributed by atoms with Crippen molar-refractivity contribution in [3.63, 3.8) is 0 Å². The Balaban J connectivity index is 2.39. The molecule has 10 heteroatoms. The minimum atomic E-state index is -3.93. The predicted molar refractivity (Wildman–Crippen MR) is 75.4 cm³/mol. The third-order valence-electron chi connectivity index (χ3n) is 3.15. The normalized spacial score (nSPS) is 20.4. The Morgan fingerprint density at radius 2 is 2.33 bits per heavy atom. The summed E-state index contributed by atoms with van der Waals surface area (Å²) in [5, 5.41) is 6.72. The maximum absolute atomic E-state index is 12.8. The Bertz CT molecular complexity index is 611. The Kier molecular flexibility index (Phi) is 4.87. The number of halogens is 1. The van der Waals surface area contributed by atoms with E-state index in [1.165, 1.54) is 17.9 Å². The summed E-state index contributed by atoms with van der Waals surface area (Å²) >= 11 is 5.92. The average Bonchev–Trinajstić information content (AvgIpc) is 2.79. The van der Waals surface area contributed by atoms with Crippen molar-refractivity contribution in [1.29, 1.82) is 0 Å². The number of aryl methyl sites for hydroxylation is 1. The number of carbonyl (C=O) groups is 1. The van der Waals surface area contributed by atoms with E-state index in [9.17, 15) is 13.2 Å². The van der Waals surface area contributed by atoms with Crippen molar-refractivity contribution in [2.75, 3.05) is 26.2 Å². The maximum atomic E-state index is 12.8. The molecule has 1 atom stereocenters. The van der Waals surface area contributed by atoms with Crippen molar-refractivity contribution >= 4 is 27.6 Å². The molecule has 0 amide bonds. The number of hydrogen-bond donors (Lipinski definition) is 1. The first-order valence-corrected chi connectivity index (χ1v) is 8.28. The van der Waals surface area contributed by atoms with Gasteiger partial charge >= 0.3 is 5.97 Å². The van der Waals surface area contributed by atoms with Crippen LogP contribution in [0.3, 0.4) is 0 Å². The molecule has 1 N–H and O–H groups in total. The number of aromatic nitrogens is 2. The van der Waals surface area contributed by atoms with Gasteiger partial charge in [-0.2, -0.15) is 9.40 Å². The summed E-state index contributed by atoms with van der Waals surface area (Å²) in [5.41, 5.74) is 0. The van der Waals surface area contributed by atoms with Crippen LogP contribution in [0.4, 0.5) is 0 Å². The van der Waals surface area contributed by atoms with E-state index < -0.39 is 22.0 Å². The Hall–Kier alpha value is -1.16. The summed E-state index contributed by atoms with van der Waals surface area (Å²) in [7, 11) is -2.45. The third-order valence-corrected chi connectivity index (χ3v) is 5.56. The monoisotopic (exact) mass is 336 g/mol. The number of nitrogens with one attached hydrogen (secondary N) is 1. The molecule has 1 fully saturated rings. The van der Waals surface area contributed by atoms with Gasteiger partial charge < -0.3 is 10.1 Å². The fraction of sp³-hybridized carbons (Fsp3) is 0.636. The molecule has 0 aromatic carbocycles. The van der Waals surface area contributed by atoms with Crippen molar-refractivity contribution in [1.82, 2.24) is 19.4 Å². The summed E-state index contributed by atoms with van der Waals surface area (Å²) in [4.78, 5) is 12.0. The summed E-state index contributed by atoms with van der Waals surface area (Å²) in [6.45, 7) is 2.67. The Labute approximate surface area is 128 Å². The highest BCUT2D eigenvalue weighted by molar-refractivity contribution is 7.89. The van der Waals surface area contributed by atoms with E-state index in [1.54, 1.807) is 6.92 Å². The van der Waals surface area contributed by atoms with Crippen LogP contribution in [-0.4, -0.2) is 60.8 Å². The number of sulfonamides is 1. The molecule has 0 radical (unpaired) electrons. The van der Waals surface area contributed by atoms with Gasteiger partial charge in [-0.25, -0.2) is 8.42 Å². The van der Waals surface area contributed by atoms with Crippen molar-refractivity contribution < 1.29 is 17.9 Å². The molecule has 0 spiro atoms. The Morgan fingerprint density at radius 1 is 1.62 bits per heavy atom. The zero-order valence-electron chi connectivity index (χ0n) is 11.7. The van der Waals surface area contributed by atoms with E-state index in [-0.39, 0.29) is 29.7 Å². The highest BCUT2D eigenvalue weighted by Gasteiger charge is 2.40. The van der Waals surface area contributed by atoms with Crippen LogP contribution in [0.15, 0.2) is 11.2 Å². The van der Waals surface area contributed by atoms with Crippen molar-refractivity contribution in [3.05, 3.63) is 11.2 Å². The van der Waals surface area contributed by atoms with Gasteiger partial charge in [0.05, 0.1) is 17.8 Å². The van der Waals surface area contributed by atoms with Crippen molar-refractivity contribution in [2.24, 2.45) is 7.05 Å². The van der Waals surface area contributed by atoms with Gasteiger partial charge in [-0.15, -0.1) is 0 Å². The molecule has 0 bridgehead atoms. The molecule has 1 aliphatic rings. The molecule has 8 nitrogen and oxygen atoms in total. The van der Waals surface area contributed by atoms with Crippen LogP contribution >= 0.6 is 11.6 Å². The molecule has 1 aromatic heterocycles. The molecule has 118 valence electrons. The highest BCUT2D eigenvalue weighted by atomic mass is 35.5. The van der Waals surface area contributed by atoms with E-state index in [2.05, 4.69) is 10.4 Å². The van der Waals surface area contributed by atoms with Crippen LogP contribution in [0.1, 0.15) is 6.92 Å². The lowest BCUT2D eigenvalue weighted by molar-refractivity contribution is -0.148. The SMILES string of the molecule is CCOC(=O)C1CNCCN1S(=O)(=O)c1c(Cl)cnn1C. The van der Waals surface area contributed by atoms with Crippen LogP contribution in [0.5, 0.6) is 0 Å². The lowest BCUT2D eigenvalue weighted by atomic mass is 10.2. The maximum Gasteiger partial charge on any atom is 0.325 e. The molecule has 0 aliphatic carbocycles. The second-order valence-electron chi connectivity index (χ2n) is 4.51. The topological polar surface area (TPSA) is 93.5 Å².